The summed E-state index contributed by atoms with van der Waals surface area (Å²) in [6.45, 7) is 3.03. The number of aryl methyl sites for hydroxylation is 2. The van der Waals surface area contributed by atoms with Gasteiger partial charge in [0.15, 0.2) is 0 Å². The van der Waals surface area contributed by atoms with Crippen LogP contribution in [0.2, 0.25) is 0 Å². The van der Waals surface area contributed by atoms with Gasteiger partial charge in [-0.2, -0.15) is 5.10 Å². The Hall–Kier alpha value is -3.91. The van der Waals surface area contributed by atoms with E-state index in [0.717, 1.165) is 27.5 Å². The summed E-state index contributed by atoms with van der Waals surface area (Å²) in [7, 11) is 1.93. The maximum absolute atomic E-state index is 12.9. The summed E-state index contributed by atoms with van der Waals surface area (Å²) in [6, 6.07) is 19.5. The lowest BCUT2D eigenvalue weighted by molar-refractivity contribution is 0.103. The van der Waals surface area contributed by atoms with E-state index in [4.69, 9.17) is 4.74 Å². The van der Waals surface area contributed by atoms with E-state index >= 15 is 0 Å². The summed E-state index contributed by atoms with van der Waals surface area (Å²) >= 11 is 1.46. The van der Waals surface area contributed by atoms with Crippen molar-refractivity contribution in [2.24, 2.45) is 7.05 Å². The van der Waals surface area contributed by atoms with Crippen molar-refractivity contribution in [3.8, 4) is 5.75 Å². The average molecular weight is 458 g/mol. The molecule has 7 nitrogen and oxygen atoms in total. The van der Waals surface area contributed by atoms with Gasteiger partial charge in [0.25, 0.3) is 5.91 Å². The molecule has 5 aromatic rings. The zero-order valence-electron chi connectivity index (χ0n) is 18.4. The third kappa shape index (κ3) is 4.51. The van der Waals surface area contributed by atoms with Crippen LogP contribution in [-0.4, -0.2) is 25.2 Å². The van der Waals surface area contributed by atoms with Gasteiger partial charge in [0.2, 0.25) is 0 Å². The van der Waals surface area contributed by atoms with E-state index in [2.05, 4.69) is 27.5 Å². The van der Waals surface area contributed by atoms with Gasteiger partial charge < -0.3 is 14.6 Å². The number of nitrogens with one attached hydrogen (secondary N) is 1. The number of amides is 1. The first kappa shape index (κ1) is 21.0. The molecular weight excluding hydrogens is 434 g/mol. The van der Waals surface area contributed by atoms with Crippen molar-refractivity contribution in [1.29, 1.82) is 0 Å². The van der Waals surface area contributed by atoms with Crippen LogP contribution >= 0.6 is 11.3 Å². The lowest BCUT2D eigenvalue weighted by Gasteiger charge is -2.08. The Kier molecular flexibility index (Phi) is 5.66. The summed E-state index contributed by atoms with van der Waals surface area (Å²) in [5.74, 6) is 1.43. The van der Waals surface area contributed by atoms with Gasteiger partial charge in [-0.15, -0.1) is 11.3 Å². The SMILES string of the molecule is Cc1nn(Cc2ccccc2)c2sc(C(=O)Nc3ccc(OCc4nccn4C)cc3)cc12. The largest absolute Gasteiger partial charge is 0.486 e. The van der Waals surface area contributed by atoms with Crippen LogP contribution in [0.5, 0.6) is 5.75 Å². The molecule has 0 bridgehead atoms. The minimum atomic E-state index is -0.136. The number of nitrogens with zero attached hydrogens (tertiary/aromatic N) is 4. The smallest absolute Gasteiger partial charge is 0.265 e. The van der Waals surface area contributed by atoms with Crippen LogP contribution in [-0.2, 0) is 20.2 Å². The summed E-state index contributed by atoms with van der Waals surface area (Å²) in [5, 5.41) is 8.64. The van der Waals surface area contributed by atoms with E-state index in [1.54, 1.807) is 6.20 Å². The fourth-order valence-electron chi connectivity index (χ4n) is 3.60. The van der Waals surface area contributed by atoms with Gasteiger partial charge in [0.05, 0.1) is 17.1 Å². The van der Waals surface area contributed by atoms with Gasteiger partial charge in [0.1, 0.15) is 23.0 Å². The van der Waals surface area contributed by atoms with E-state index in [-0.39, 0.29) is 5.91 Å². The van der Waals surface area contributed by atoms with Crippen molar-refractivity contribution >= 4 is 33.1 Å². The Bertz CT molecular complexity index is 1400. The van der Waals surface area contributed by atoms with Crippen LogP contribution in [0.3, 0.4) is 0 Å². The van der Waals surface area contributed by atoms with Gasteiger partial charge >= 0.3 is 0 Å². The van der Waals surface area contributed by atoms with Gasteiger partial charge in [-0.3, -0.25) is 9.48 Å². The predicted octanol–water partition coefficient (Wildman–Crippen LogP) is 5.02. The number of carbonyl (C=O) groups excluding carboxylic acids is 1. The molecule has 0 radical (unpaired) electrons. The molecule has 0 spiro atoms. The molecule has 33 heavy (non-hydrogen) atoms. The van der Waals surface area contributed by atoms with Crippen LogP contribution in [0.4, 0.5) is 5.69 Å². The first-order valence-corrected chi connectivity index (χ1v) is 11.4. The monoisotopic (exact) mass is 457 g/mol. The Morgan fingerprint density at radius 1 is 1.12 bits per heavy atom. The van der Waals surface area contributed by atoms with Crippen molar-refractivity contribution in [2.75, 3.05) is 5.32 Å². The highest BCUT2D eigenvalue weighted by Gasteiger charge is 2.17. The number of aromatic nitrogens is 4. The summed E-state index contributed by atoms with van der Waals surface area (Å²) < 4.78 is 9.66. The zero-order chi connectivity index (χ0) is 22.8. The van der Waals surface area contributed by atoms with Crippen molar-refractivity contribution in [1.82, 2.24) is 19.3 Å². The fourth-order valence-corrected chi connectivity index (χ4v) is 4.65. The van der Waals surface area contributed by atoms with Gasteiger partial charge in [-0.1, -0.05) is 30.3 Å². The molecule has 1 amide bonds. The lowest BCUT2D eigenvalue weighted by Crippen LogP contribution is -2.10. The molecule has 0 aliphatic rings. The number of benzene rings is 2. The van der Waals surface area contributed by atoms with Crippen molar-refractivity contribution in [3.63, 3.8) is 0 Å². The lowest BCUT2D eigenvalue weighted by atomic mass is 10.2. The third-order valence-electron chi connectivity index (χ3n) is 5.41. The second-order valence-corrected chi connectivity index (χ2v) is 8.81. The molecule has 8 heteroatoms. The van der Waals surface area contributed by atoms with Crippen LogP contribution < -0.4 is 10.1 Å². The molecular formula is C25H23N5O2S. The van der Waals surface area contributed by atoms with E-state index in [1.807, 2.05) is 77.9 Å². The molecule has 0 aliphatic carbocycles. The molecule has 0 unspecified atom stereocenters. The Labute approximate surface area is 195 Å². The van der Waals surface area contributed by atoms with Crippen LogP contribution in [0.25, 0.3) is 10.2 Å². The number of thiophene rings is 1. The zero-order valence-corrected chi connectivity index (χ0v) is 19.2. The maximum atomic E-state index is 12.9. The summed E-state index contributed by atoms with van der Waals surface area (Å²) in [4.78, 5) is 18.8. The molecule has 0 atom stereocenters. The van der Waals surface area contributed by atoms with Gasteiger partial charge in [-0.05, 0) is 42.8 Å². The number of fused-ring (bicyclic) bond motifs is 1. The maximum Gasteiger partial charge on any atom is 0.265 e. The number of hydrogen-bond acceptors (Lipinski definition) is 5. The van der Waals surface area contributed by atoms with Crippen LogP contribution in [0.15, 0.2) is 73.1 Å². The van der Waals surface area contributed by atoms with Crippen LogP contribution in [0.1, 0.15) is 26.8 Å². The molecule has 2 aromatic carbocycles. The number of imidazole rings is 1. The van der Waals surface area contributed by atoms with Crippen molar-refractivity contribution in [2.45, 2.75) is 20.1 Å². The predicted molar refractivity (Wildman–Crippen MR) is 130 cm³/mol. The second kappa shape index (κ2) is 8.91. The van der Waals surface area contributed by atoms with Gasteiger partial charge in [-0.25, -0.2) is 4.98 Å². The van der Waals surface area contributed by atoms with E-state index in [1.165, 1.54) is 16.9 Å². The Balaban J connectivity index is 1.27. The topological polar surface area (TPSA) is 74.0 Å². The molecule has 0 saturated carbocycles. The molecule has 0 aliphatic heterocycles. The van der Waals surface area contributed by atoms with Gasteiger partial charge in [0, 0.05) is 30.5 Å². The molecule has 166 valence electrons. The number of ether oxygens (including phenoxy) is 1. The first-order valence-electron chi connectivity index (χ1n) is 10.6. The quantitative estimate of drug-likeness (QED) is 0.372. The molecule has 0 saturated heterocycles. The van der Waals surface area contributed by atoms with E-state index in [9.17, 15) is 4.79 Å². The highest BCUT2D eigenvalue weighted by Crippen LogP contribution is 2.29. The second-order valence-electron chi connectivity index (χ2n) is 7.78. The van der Waals surface area contributed by atoms with Crippen LogP contribution in [0, 0.1) is 6.92 Å². The molecule has 0 fully saturated rings. The molecule has 5 rings (SSSR count). The molecule has 3 aromatic heterocycles. The fraction of sp³-hybridized carbons (Fsp3) is 0.160. The first-order chi connectivity index (χ1) is 16.1. The highest BCUT2D eigenvalue weighted by molar-refractivity contribution is 7.20. The van der Waals surface area contributed by atoms with Crippen molar-refractivity contribution < 1.29 is 9.53 Å². The number of rotatable bonds is 7. The molecule has 1 N–H and O–H groups in total. The molecule has 3 heterocycles. The standard InChI is InChI=1S/C25H23N5O2S/c1-17-21-14-22(33-25(21)30(28-17)15-18-6-4-3-5-7-18)24(31)27-19-8-10-20(11-9-19)32-16-23-26-12-13-29(23)2/h3-14H,15-16H2,1-2H3,(H,27,31). The number of hydrogen-bond donors (Lipinski definition) is 1. The Morgan fingerprint density at radius 3 is 2.64 bits per heavy atom. The summed E-state index contributed by atoms with van der Waals surface area (Å²) in [6.07, 6.45) is 3.62. The minimum Gasteiger partial charge on any atom is -0.486 e. The highest BCUT2D eigenvalue weighted by atomic mass is 32.1. The average Bonchev–Trinajstić information content (AvgIpc) is 3.51. The van der Waals surface area contributed by atoms with E-state index < -0.39 is 0 Å². The Morgan fingerprint density at radius 2 is 1.91 bits per heavy atom. The van der Waals surface area contributed by atoms with E-state index in [0.29, 0.717) is 23.7 Å². The van der Waals surface area contributed by atoms with Crippen molar-refractivity contribution in [3.05, 3.63) is 95.0 Å². The normalized spacial score (nSPS) is 11.1. The minimum absolute atomic E-state index is 0.136. The third-order valence-corrected chi connectivity index (χ3v) is 6.55. The number of anilines is 1. The number of carbonyl (C=O) groups is 1. The summed E-state index contributed by atoms with van der Waals surface area (Å²) in [5.41, 5.74) is 2.81.